The zero-order valence-corrected chi connectivity index (χ0v) is 12.0. The predicted octanol–water partition coefficient (Wildman–Crippen LogP) is 2.92. The molecule has 1 N–H and O–H groups in total. The maximum absolute atomic E-state index is 4.46. The van der Waals surface area contributed by atoms with E-state index in [0.717, 1.165) is 31.1 Å². The number of nitrogens with zero attached hydrogens (tertiary/aromatic N) is 2. The molecule has 0 saturated carbocycles. The van der Waals surface area contributed by atoms with E-state index in [1.807, 2.05) is 36.5 Å². The van der Waals surface area contributed by atoms with Gasteiger partial charge in [-0.25, -0.2) is 4.98 Å². The molecule has 0 aromatic carbocycles. The fourth-order valence-corrected chi connectivity index (χ4v) is 3.37. The van der Waals surface area contributed by atoms with Gasteiger partial charge in [0.15, 0.2) is 0 Å². The van der Waals surface area contributed by atoms with Crippen molar-refractivity contribution in [2.45, 2.75) is 19.9 Å². The molecule has 0 bridgehead atoms. The number of anilines is 1. The molecule has 4 heteroatoms. The van der Waals surface area contributed by atoms with Crippen LogP contribution in [0.25, 0.3) is 0 Å². The molecule has 0 atom stereocenters. The van der Waals surface area contributed by atoms with Crippen LogP contribution in [0.2, 0.25) is 0 Å². The van der Waals surface area contributed by atoms with E-state index in [1.54, 1.807) is 4.88 Å². The van der Waals surface area contributed by atoms with Crippen molar-refractivity contribution in [3.63, 3.8) is 0 Å². The summed E-state index contributed by atoms with van der Waals surface area (Å²) in [5, 5.41) is 5.61. The Kier molecular flexibility index (Phi) is 3.80. The van der Waals surface area contributed by atoms with Gasteiger partial charge in [0, 0.05) is 36.8 Å². The summed E-state index contributed by atoms with van der Waals surface area (Å²) in [5.74, 6) is 0.980. The van der Waals surface area contributed by atoms with Crippen LogP contribution in [0, 0.1) is 6.92 Å². The summed E-state index contributed by atoms with van der Waals surface area (Å²) in [5.41, 5.74) is 2.58. The van der Waals surface area contributed by atoms with E-state index in [0.29, 0.717) is 0 Å². The van der Waals surface area contributed by atoms with Gasteiger partial charge in [-0.2, -0.15) is 0 Å². The monoisotopic (exact) mass is 273 g/mol. The van der Waals surface area contributed by atoms with Gasteiger partial charge in [-0.1, -0.05) is 6.07 Å². The minimum atomic E-state index is 0.954. The standard InChI is InChI=1S/C15H19N3S/c1-12-3-2-4-15(17-12)16-7-9-18-8-5-14-13(11-18)6-10-19-14/h2-4,6,10H,5,7-9,11H2,1H3,(H,16,17). The molecular weight excluding hydrogens is 254 g/mol. The fourth-order valence-electron chi connectivity index (χ4n) is 2.48. The molecule has 1 aliphatic rings. The first-order chi connectivity index (χ1) is 9.31. The number of pyridine rings is 1. The molecule has 2 aromatic heterocycles. The summed E-state index contributed by atoms with van der Waals surface area (Å²) in [4.78, 5) is 8.54. The second-order valence-electron chi connectivity index (χ2n) is 4.99. The maximum Gasteiger partial charge on any atom is 0.126 e. The molecule has 0 unspecified atom stereocenters. The molecule has 3 nitrogen and oxygen atoms in total. The number of aryl methyl sites for hydroxylation is 1. The number of hydrogen-bond donors (Lipinski definition) is 1. The number of fused-ring (bicyclic) bond motifs is 1. The molecule has 3 rings (SSSR count). The largest absolute Gasteiger partial charge is 0.369 e. The molecular formula is C15H19N3S. The number of hydrogen-bond acceptors (Lipinski definition) is 4. The molecule has 2 aromatic rings. The van der Waals surface area contributed by atoms with E-state index >= 15 is 0 Å². The van der Waals surface area contributed by atoms with Crippen molar-refractivity contribution in [2.75, 3.05) is 25.0 Å². The molecule has 100 valence electrons. The highest BCUT2D eigenvalue weighted by Gasteiger charge is 2.16. The SMILES string of the molecule is Cc1cccc(NCCN2CCc3sccc3C2)n1. The predicted molar refractivity (Wildman–Crippen MR) is 80.8 cm³/mol. The van der Waals surface area contributed by atoms with Gasteiger partial charge in [0.1, 0.15) is 5.82 Å². The number of rotatable bonds is 4. The van der Waals surface area contributed by atoms with Gasteiger partial charge < -0.3 is 5.32 Å². The van der Waals surface area contributed by atoms with E-state index in [2.05, 4.69) is 26.6 Å². The maximum atomic E-state index is 4.46. The Hall–Kier alpha value is -1.39. The van der Waals surface area contributed by atoms with Crippen LogP contribution in [0.4, 0.5) is 5.82 Å². The topological polar surface area (TPSA) is 28.2 Å². The highest BCUT2D eigenvalue weighted by molar-refractivity contribution is 7.10. The lowest BCUT2D eigenvalue weighted by Gasteiger charge is -2.26. The number of nitrogens with one attached hydrogen (secondary N) is 1. The van der Waals surface area contributed by atoms with Crippen molar-refractivity contribution >= 4 is 17.2 Å². The van der Waals surface area contributed by atoms with Crippen LogP contribution in [-0.2, 0) is 13.0 Å². The average Bonchev–Trinajstić information content (AvgIpc) is 2.86. The normalized spacial score (nSPS) is 15.2. The third-order valence-corrected chi connectivity index (χ3v) is 4.53. The van der Waals surface area contributed by atoms with Gasteiger partial charge in [0.2, 0.25) is 0 Å². The minimum Gasteiger partial charge on any atom is -0.369 e. The Morgan fingerprint density at radius 2 is 2.32 bits per heavy atom. The quantitative estimate of drug-likeness (QED) is 0.928. The Labute approximate surface area is 118 Å². The van der Waals surface area contributed by atoms with Crippen molar-refractivity contribution in [1.29, 1.82) is 0 Å². The second kappa shape index (κ2) is 5.72. The number of aromatic nitrogens is 1. The van der Waals surface area contributed by atoms with Crippen LogP contribution in [0.15, 0.2) is 29.6 Å². The summed E-state index contributed by atoms with van der Waals surface area (Å²) >= 11 is 1.90. The zero-order chi connectivity index (χ0) is 13.1. The van der Waals surface area contributed by atoms with Gasteiger partial charge in [-0.05, 0) is 42.5 Å². The number of thiophene rings is 1. The molecule has 0 radical (unpaired) electrons. The van der Waals surface area contributed by atoms with Gasteiger partial charge >= 0.3 is 0 Å². The lowest BCUT2D eigenvalue weighted by atomic mass is 10.1. The first-order valence-corrected chi connectivity index (χ1v) is 7.64. The smallest absolute Gasteiger partial charge is 0.126 e. The summed E-state index contributed by atoms with van der Waals surface area (Å²) < 4.78 is 0. The summed E-state index contributed by atoms with van der Waals surface area (Å²) in [6, 6.07) is 8.36. The van der Waals surface area contributed by atoms with Crippen LogP contribution >= 0.6 is 11.3 Å². The Morgan fingerprint density at radius 3 is 3.21 bits per heavy atom. The first-order valence-electron chi connectivity index (χ1n) is 6.76. The second-order valence-corrected chi connectivity index (χ2v) is 5.99. The third-order valence-electron chi connectivity index (χ3n) is 3.51. The third kappa shape index (κ3) is 3.14. The Morgan fingerprint density at radius 1 is 1.37 bits per heavy atom. The highest BCUT2D eigenvalue weighted by Crippen LogP contribution is 2.23. The lowest BCUT2D eigenvalue weighted by Crippen LogP contribution is -2.33. The van der Waals surface area contributed by atoms with Crippen molar-refractivity contribution in [3.8, 4) is 0 Å². The zero-order valence-electron chi connectivity index (χ0n) is 11.2. The van der Waals surface area contributed by atoms with Crippen LogP contribution in [-0.4, -0.2) is 29.5 Å². The molecule has 19 heavy (non-hydrogen) atoms. The van der Waals surface area contributed by atoms with E-state index in [-0.39, 0.29) is 0 Å². The van der Waals surface area contributed by atoms with Crippen molar-refractivity contribution in [2.24, 2.45) is 0 Å². The highest BCUT2D eigenvalue weighted by atomic mass is 32.1. The first kappa shape index (κ1) is 12.6. The van der Waals surface area contributed by atoms with Gasteiger partial charge in [0.05, 0.1) is 0 Å². The fraction of sp³-hybridized carbons (Fsp3) is 0.400. The van der Waals surface area contributed by atoms with Crippen LogP contribution in [0.1, 0.15) is 16.1 Å². The molecule has 0 fully saturated rings. The van der Waals surface area contributed by atoms with Crippen molar-refractivity contribution in [3.05, 3.63) is 45.8 Å². The van der Waals surface area contributed by atoms with E-state index in [1.165, 1.54) is 18.5 Å². The van der Waals surface area contributed by atoms with Crippen LogP contribution in [0.5, 0.6) is 0 Å². The van der Waals surface area contributed by atoms with Gasteiger partial charge in [-0.3, -0.25) is 4.90 Å². The van der Waals surface area contributed by atoms with Crippen molar-refractivity contribution < 1.29 is 0 Å². The van der Waals surface area contributed by atoms with Gasteiger partial charge in [0.25, 0.3) is 0 Å². The molecule has 0 amide bonds. The molecule has 0 spiro atoms. The Balaban J connectivity index is 1.49. The average molecular weight is 273 g/mol. The van der Waals surface area contributed by atoms with Crippen LogP contribution < -0.4 is 5.32 Å². The molecule has 0 saturated heterocycles. The van der Waals surface area contributed by atoms with Gasteiger partial charge in [-0.15, -0.1) is 11.3 Å². The summed E-state index contributed by atoms with van der Waals surface area (Å²) in [6.07, 6.45) is 1.20. The molecule has 1 aliphatic heterocycles. The Bertz CT molecular complexity index is 550. The summed E-state index contributed by atoms with van der Waals surface area (Å²) in [7, 11) is 0. The lowest BCUT2D eigenvalue weighted by molar-refractivity contribution is 0.266. The van der Waals surface area contributed by atoms with E-state index in [4.69, 9.17) is 0 Å². The van der Waals surface area contributed by atoms with Crippen molar-refractivity contribution in [1.82, 2.24) is 9.88 Å². The summed E-state index contributed by atoms with van der Waals surface area (Å²) in [6.45, 7) is 6.33. The van der Waals surface area contributed by atoms with Crippen LogP contribution in [0.3, 0.4) is 0 Å². The van der Waals surface area contributed by atoms with E-state index in [9.17, 15) is 0 Å². The van der Waals surface area contributed by atoms with E-state index < -0.39 is 0 Å². The molecule has 0 aliphatic carbocycles. The molecule has 3 heterocycles. The minimum absolute atomic E-state index is 0.954.